The van der Waals surface area contributed by atoms with Crippen LogP contribution in [-0.2, 0) is 14.3 Å². The van der Waals surface area contributed by atoms with Gasteiger partial charge < -0.3 is 9.47 Å². The van der Waals surface area contributed by atoms with Crippen molar-refractivity contribution in [3.8, 4) is 17.6 Å². The SMILES string of the molecule is CC(C)SC(=O)C=C[C@H]1[C@@H](C(=O)O[C@H](C#N)c2cccc(Oc3ccccc3)c2)C1(C)C. The van der Waals surface area contributed by atoms with Crippen molar-refractivity contribution in [1.82, 2.24) is 0 Å². The minimum atomic E-state index is -1.04. The second-order valence-electron chi connectivity index (χ2n) is 8.60. The fourth-order valence-electron chi connectivity index (χ4n) is 3.66. The lowest BCUT2D eigenvalue weighted by atomic mass is 10.1. The molecule has 2 aromatic rings. The predicted molar refractivity (Wildman–Crippen MR) is 125 cm³/mol. The van der Waals surface area contributed by atoms with Gasteiger partial charge in [-0.2, -0.15) is 5.26 Å². The molecular weight excluding hydrogens is 422 g/mol. The van der Waals surface area contributed by atoms with Crippen molar-refractivity contribution < 1.29 is 19.1 Å². The molecule has 0 spiro atoms. The second kappa shape index (κ2) is 10.1. The molecule has 1 aliphatic rings. The van der Waals surface area contributed by atoms with Crippen molar-refractivity contribution >= 4 is 22.8 Å². The molecule has 3 rings (SSSR count). The first-order chi connectivity index (χ1) is 15.2. The molecule has 0 radical (unpaired) electrons. The van der Waals surface area contributed by atoms with E-state index in [2.05, 4.69) is 6.07 Å². The number of esters is 1. The monoisotopic (exact) mass is 449 g/mol. The van der Waals surface area contributed by atoms with Gasteiger partial charge in [0.25, 0.3) is 0 Å². The summed E-state index contributed by atoms with van der Waals surface area (Å²) in [5, 5.41) is 9.82. The summed E-state index contributed by atoms with van der Waals surface area (Å²) in [6.45, 7) is 7.84. The standard InChI is InChI=1S/C26H27NO4S/c1-17(2)32-23(28)14-13-21-24(26(21,3)4)25(29)31-22(16-27)18-9-8-12-20(15-18)30-19-10-6-5-7-11-19/h5-15,17,21-22,24H,1-4H3/t21-,22+,24-/m0/s1. The summed E-state index contributed by atoms with van der Waals surface area (Å²) >= 11 is 1.25. The molecule has 0 aliphatic heterocycles. The summed E-state index contributed by atoms with van der Waals surface area (Å²) < 4.78 is 11.4. The van der Waals surface area contributed by atoms with Gasteiger partial charge in [0.1, 0.15) is 17.6 Å². The smallest absolute Gasteiger partial charge is 0.311 e. The number of benzene rings is 2. The zero-order valence-electron chi connectivity index (χ0n) is 18.6. The van der Waals surface area contributed by atoms with E-state index in [0.29, 0.717) is 17.1 Å². The van der Waals surface area contributed by atoms with Gasteiger partial charge in [0.2, 0.25) is 11.2 Å². The fourth-order valence-corrected chi connectivity index (χ4v) is 4.29. The molecule has 5 nitrogen and oxygen atoms in total. The number of ether oxygens (including phenoxy) is 2. The maximum atomic E-state index is 12.8. The highest BCUT2D eigenvalue weighted by Crippen LogP contribution is 2.59. The Balaban J connectivity index is 1.66. The number of nitrogens with zero attached hydrogens (tertiary/aromatic N) is 1. The van der Waals surface area contributed by atoms with Gasteiger partial charge >= 0.3 is 5.97 Å². The van der Waals surface area contributed by atoms with Crippen molar-refractivity contribution in [2.24, 2.45) is 17.3 Å². The molecule has 3 atom stereocenters. The maximum Gasteiger partial charge on any atom is 0.311 e. The van der Waals surface area contributed by atoms with E-state index in [9.17, 15) is 14.9 Å². The van der Waals surface area contributed by atoms with Crippen molar-refractivity contribution in [2.75, 3.05) is 0 Å². The van der Waals surface area contributed by atoms with Crippen molar-refractivity contribution in [1.29, 1.82) is 5.26 Å². The molecule has 0 heterocycles. The molecule has 0 amide bonds. The van der Waals surface area contributed by atoms with E-state index in [1.54, 1.807) is 30.3 Å². The van der Waals surface area contributed by atoms with E-state index in [-0.39, 0.29) is 21.7 Å². The zero-order chi connectivity index (χ0) is 23.3. The van der Waals surface area contributed by atoms with Crippen LogP contribution in [0.4, 0.5) is 0 Å². The number of para-hydroxylation sites is 1. The average Bonchev–Trinajstić information content (AvgIpc) is 3.31. The molecule has 6 heteroatoms. The van der Waals surface area contributed by atoms with Crippen LogP contribution >= 0.6 is 11.8 Å². The molecule has 1 saturated carbocycles. The summed E-state index contributed by atoms with van der Waals surface area (Å²) in [7, 11) is 0. The quantitative estimate of drug-likeness (QED) is 0.359. The lowest BCUT2D eigenvalue weighted by molar-refractivity contribution is -0.149. The van der Waals surface area contributed by atoms with Gasteiger partial charge in [-0.25, -0.2) is 0 Å². The van der Waals surface area contributed by atoms with E-state index in [1.165, 1.54) is 17.8 Å². The molecule has 2 aromatic carbocycles. The molecule has 32 heavy (non-hydrogen) atoms. The molecule has 0 unspecified atom stereocenters. The predicted octanol–water partition coefficient (Wildman–Crippen LogP) is 6.08. The third kappa shape index (κ3) is 5.80. The van der Waals surface area contributed by atoms with Gasteiger partial charge in [-0.05, 0) is 41.7 Å². The number of rotatable bonds is 8. The number of nitriles is 1. The third-order valence-electron chi connectivity index (χ3n) is 5.45. The Morgan fingerprint density at radius 2 is 1.78 bits per heavy atom. The highest BCUT2D eigenvalue weighted by atomic mass is 32.2. The summed E-state index contributed by atoms with van der Waals surface area (Å²) in [5.41, 5.74) is 0.220. The number of hydrogen-bond acceptors (Lipinski definition) is 6. The Labute approximate surface area is 193 Å². The van der Waals surface area contributed by atoms with Gasteiger partial charge in [-0.15, -0.1) is 0 Å². The van der Waals surface area contributed by atoms with E-state index < -0.39 is 18.0 Å². The molecule has 166 valence electrons. The van der Waals surface area contributed by atoms with Gasteiger partial charge in [-0.1, -0.05) is 75.9 Å². The van der Waals surface area contributed by atoms with Gasteiger partial charge in [0, 0.05) is 10.8 Å². The number of carbonyl (C=O) groups is 2. The number of carbonyl (C=O) groups excluding carboxylic acids is 2. The van der Waals surface area contributed by atoms with Crippen LogP contribution < -0.4 is 4.74 Å². The van der Waals surface area contributed by atoms with Crippen LogP contribution in [0.5, 0.6) is 11.5 Å². The summed E-state index contributed by atoms with van der Waals surface area (Å²) in [6.07, 6.45) is 2.29. The lowest BCUT2D eigenvalue weighted by Crippen LogP contribution is -2.14. The van der Waals surface area contributed by atoms with E-state index in [1.807, 2.05) is 58.0 Å². The van der Waals surface area contributed by atoms with E-state index in [0.717, 1.165) is 0 Å². The van der Waals surface area contributed by atoms with Gasteiger partial charge in [-0.3, -0.25) is 9.59 Å². The first kappa shape index (κ1) is 23.6. The van der Waals surface area contributed by atoms with Crippen LogP contribution in [0.15, 0.2) is 66.7 Å². The zero-order valence-corrected chi connectivity index (χ0v) is 19.5. The van der Waals surface area contributed by atoms with Crippen LogP contribution in [-0.4, -0.2) is 16.3 Å². The topological polar surface area (TPSA) is 76.4 Å². The Bertz CT molecular complexity index is 1040. The third-order valence-corrected chi connectivity index (χ3v) is 6.29. The van der Waals surface area contributed by atoms with Crippen LogP contribution in [0.25, 0.3) is 0 Å². The van der Waals surface area contributed by atoms with Crippen molar-refractivity contribution in [3.63, 3.8) is 0 Å². The summed E-state index contributed by atoms with van der Waals surface area (Å²) in [4.78, 5) is 24.8. The Morgan fingerprint density at radius 3 is 2.44 bits per heavy atom. The normalized spacial score (nSPS) is 19.9. The van der Waals surface area contributed by atoms with Gasteiger partial charge in [0.05, 0.1) is 5.92 Å². The summed E-state index contributed by atoms with van der Waals surface area (Å²) in [5.74, 6) is 0.303. The fraction of sp³-hybridized carbons (Fsp3) is 0.346. The Kier molecular flexibility index (Phi) is 7.42. The maximum absolute atomic E-state index is 12.8. The molecule has 1 fully saturated rings. The number of hydrogen-bond donors (Lipinski definition) is 0. The van der Waals surface area contributed by atoms with E-state index >= 15 is 0 Å². The van der Waals surface area contributed by atoms with Crippen molar-refractivity contribution in [3.05, 3.63) is 72.3 Å². The number of thioether (sulfide) groups is 1. The molecule has 0 saturated heterocycles. The first-order valence-electron chi connectivity index (χ1n) is 10.5. The lowest BCUT2D eigenvalue weighted by Gasteiger charge is -2.13. The molecule has 0 N–H and O–H groups in total. The first-order valence-corrected chi connectivity index (χ1v) is 11.4. The van der Waals surface area contributed by atoms with Crippen LogP contribution in [0.1, 0.15) is 39.4 Å². The van der Waals surface area contributed by atoms with Crippen LogP contribution in [0, 0.1) is 28.6 Å². The average molecular weight is 450 g/mol. The largest absolute Gasteiger partial charge is 0.457 e. The Morgan fingerprint density at radius 1 is 1.09 bits per heavy atom. The highest BCUT2D eigenvalue weighted by molar-refractivity contribution is 8.14. The summed E-state index contributed by atoms with van der Waals surface area (Å²) in [6, 6.07) is 18.3. The highest BCUT2D eigenvalue weighted by Gasteiger charge is 2.61. The minimum absolute atomic E-state index is 0.0278. The minimum Gasteiger partial charge on any atom is -0.457 e. The molecule has 0 bridgehead atoms. The van der Waals surface area contributed by atoms with Crippen LogP contribution in [0.3, 0.4) is 0 Å². The van der Waals surface area contributed by atoms with Crippen molar-refractivity contribution in [2.45, 2.75) is 39.0 Å². The van der Waals surface area contributed by atoms with Gasteiger partial charge in [0.15, 0.2) is 0 Å². The second-order valence-corrected chi connectivity index (χ2v) is 10.2. The van der Waals surface area contributed by atoms with Crippen LogP contribution in [0.2, 0.25) is 0 Å². The Hall–Kier alpha value is -3.04. The molecular formula is C26H27NO4S. The molecule has 1 aliphatic carbocycles. The molecule has 0 aromatic heterocycles. The number of allylic oxidation sites excluding steroid dienone is 1. The van der Waals surface area contributed by atoms with E-state index in [4.69, 9.17) is 9.47 Å².